The number of rotatable bonds is 9. The number of nitrogens with zero attached hydrogens (tertiary/aromatic N) is 3. The maximum atomic E-state index is 5.91. The number of allylic oxidation sites excluding steroid dienone is 1. The summed E-state index contributed by atoms with van der Waals surface area (Å²) in [5.41, 5.74) is 3.90. The van der Waals surface area contributed by atoms with Gasteiger partial charge in [-0.15, -0.1) is 16.8 Å². The average Bonchev–Trinajstić information content (AvgIpc) is 3.08. The Labute approximate surface area is 165 Å². The first kappa shape index (κ1) is 19.2. The van der Waals surface area contributed by atoms with E-state index in [1.807, 2.05) is 18.2 Å². The van der Waals surface area contributed by atoms with Gasteiger partial charge in [-0.3, -0.25) is 4.57 Å². The van der Waals surface area contributed by atoms with Crippen LogP contribution in [0, 0.1) is 6.92 Å². The summed E-state index contributed by atoms with van der Waals surface area (Å²) in [6.45, 7) is 9.19. The van der Waals surface area contributed by atoms with Gasteiger partial charge in [0.2, 0.25) is 0 Å². The molecule has 0 bridgehead atoms. The summed E-state index contributed by atoms with van der Waals surface area (Å²) >= 11 is 1.69. The highest BCUT2D eigenvalue weighted by Crippen LogP contribution is 2.24. The van der Waals surface area contributed by atoms with Crippen molar-refractivity contribution in [3.8, 4) is 5.75 Å². The monoisotopic (exact) mass is 379 g/mol. The molecule has 3 rings (SSSR count). The third-order valence-corrected chi connectivity index (χ3v) is 5.44. The van der Waals surface area contributed by atoms with Crippen LogP contribution in [0.5, 0.6) is 5.75 Å². The summed E-state index contributed by atoms with van der Waals surface area (Å²) in [5, 5.41) is 9.59. The van der Waals surface area contributed by atoms with Crippen molar-refractivity contribution in [3.05, 3.63) is 83.7 Å². The number of benzene rings is 2. The Morgan fingerprint density at radius 2 is 1.89 bits per heavy atom. The SMILES string of the molecule is C=CCn1c(COc2ccc(CC)cc2)nnc1SCc1ccccc1C. The van der Waals surface area contributed by atoms with Gasteiger partial charge in [-0.25, -0.2) is 0 Å². The van der Waals surface area contributed by atoms with E-state index in [1.54, 1.807) is 11.8 Å². The van der Waals surface area contributed by atoms with E-state index in [0.717, 1.165) is 28.9 Å². The van der Waals surface area contributed by atoms with Gasteiger partial charge in [-0.05, 0) is 42.2 Å². The van der Waals surface area contributed by atoms with E-state index in [1.165, 1.54) is 16.7 Å². The Morgan fingerprint density at radius 3 is 2.59 bits per heavy atom. The van der Waals surface area contributed by atoms with Gasteiger partial charge in [0.1, 0.15) is 12.4 Å². The average molecular weight is 380 g/mol. The Hall–Kier alpha value is -2.53. The fourth-order valence-electron chi connectivity index (χ4n) is 2.73. The molecule has 0 aliphatic carbocycles. The second-order valence-electron chi connectivity index (χ2n) is 6.30. The highest BCUT2D eigenvalue weighted by atomic mass is 32.2. The maximum absolute atomic E-state index is 5.91. The van der Waals surface area contributed by atoms with E-state index in [-0.39, 0.29) is 0 Å². The highest BCUT2D eigenvalue weighted by molar-refractivity contribution is 7.98. The Morgan fingerprint density at radius 1 is 1.11 bits per heavy atom. The van der Waals surface area contributed by atoms with Gasteiger partial charge in [-0.2, -0.15) is 0 Å². The molecule has 0 saturated heterocycles. The standard InChI is InChI=1S/C22H25N3OS/c1-4-14-25-21(15-26-20-12-10-18(5-2)11-13-20)23-24-22(25)27-16-19-9-7-6-8-17(19)3/h4,6-13H,1,5,14-16H2,2-3H3. The van der Waals surface area contributed by atoms with E-state index in [9.17, 15) is 0 Å². The summed E-state index contributed by atoms with van der Waals surface area (Å²) in [7, 11) is 0. The molecule has 0 radical (unpaired) electrons. The van der Waals surface area contributed by atoms with Crippen LogP contribution < -0.4 is 4.74 Å². The molecule has 1 heterocycles. The number of aryl methyl sites for hydroxylation is 2. The number of aromatic nitrogens is 3. The highest BCUT2D eigenvalue weighted by Gasteiger charge is 2.13. The number of hydrogen-bond donors (Lipinski definition) is 0. The van der Waals surface area contributed by atoms with Gasteiger partial charge >= 0.3 is 0 Å². The van der Waals surface area contributed by atoms with Crippen LogP contribution >= 0.6 is 11.8 Å². The first-order valence-electron chi connectivity index (χ1n) is 9.13. The quantitative estimate of drug-likeness (QED) is 0.378. The third-order valence-electron chi connectivity index (χ3n) is 4.42. The van der Waals surface area contributed by atoms with Crippen LogP contribution in [0.4, 0.5) is 0 Å². The van der Waals surface area contributed by atoms with Crippen LogP contribution in [-0.2, 0) is 25.3 Å². The first-order chi connectivity index (χ1) is 13.2. The molecule has 27 heavy (non-hydrogen) atoms. The Balaban J connectivity index is 1.68. The number of hydrogen-bond acceptors (Lipinski definition) is 4. The second kappa shape index (κ2) is 9.42. The molecule has 3 aromatic rings. The molecule has 0 amide bonds. The lowest BCUT2D eigenvalue weighted by Gasteiger charge is -2.10. The predicted molar refractivity (Wildman–Crippen MR) is 111 cm³/mol. The fraction of sp³-hybridized carbons (Fsp3) is 0.273. The van der Waals surface area contributed by atoms with Gasteiger partial charge in [0.25, 0.3) is 0 Å². The summed E-state index contributed by atoms with van der Waals surface area (Å²) in [6, 6.07) is 16.6. The summed E-state index contributed by atoms with van der Waals surface area (Å²) in [5.74, 6) is 2.51. The van der Waals surface area contributed by atoms with E-state index in [4.69, 9.17) is 4.74 Å². The van der Waals surface area contributed by atoms with Crippen molar-refractivity contribution in [2.24, 2.45) is 0 Å². The van der Waals surface area contributed by atoms with Crippen molar-refractivity contribution >= 4 is 11.8 Å². The lowest BCUT2D eigenvalue weighted by molar-refractivity contribution is 0.289. The van der Waals surface area contributed by atoms with E-state index >= 15 is 0 Å². The van der Waals surface area contributed by atoms with Crippen molar-refractivity contribution in [2.75, 3.05) is 0 Å². The van der Waals surface area contributed by atoms with Crippen molar-refractivity contribution < 1.29 is 4.74 Å². The predicted octanol–water partition coefficient (Wildman–Crippen LogP) is 5.21. The molecule has 0 aliphatic rings. The van der Waals surface area contributed by atoms with Crippen LogP contribution in [0.3, 0.4) is 0 Å². The normalized spacial score (nSPS) is 10.7. The van der Waals surface area contributed by atoms with Crippen molar-refractivity contribution in [1.29, 1.82) is 0 Å². The molecule has 0 atom stereocenters. The molecule has 0 spiro atoms. The molecular formula is C22H25N3OS. The summed E-state index contributed by atoms with van der Waals surface area (Å²) in [4.78, 5) is 0. The Bertz CT molecular complexity index is 887. The molecule has 0 unspecified atom stereocenters. The van der Waals surface area contributed by atoms with Gasteiger partial charge in [-0.1, -0.05) is 61.2 Å². The van der Waals surface area contributed by atoms with Crippen LogP contribution in [0.1, 0.15) is 29.4 Å². The molecule has 140 valence electrons. The van der Waals surface area contributed by atoms with Crippen molar-refractivity contribution in [2.45, 2.75) is 44.3 Å². The van der Waals surface area contributed by atoms with E-state index < -0.39 is 0 Å². The van der Waals surface area contributed by atoms with Crippen LogP contribution in [0.2, 0.25) is 0 Å². The second-order valence-corrected chi connectivity index (χ2v) is 7.24. The first-order valence-corrected chi connectivity index (χ1v) is 10.1. The number of ether oxygens (including phenoxy) is 1. The minimum Gasteiger partial charge on any atom is -0.486 e. The van der Waals surface area contributed by atoms with E-state index in [0.29, 0.717) is 13.2 Å². The molecule has 1 aromatic heterocycles. The van der Waals surface area contributed by atoms with Gasteiger partial charge in [0.05, 0.1) is 0 Å². The Kier molecular flexibility index (Phi) is 6.71. The lowest BCUT2D eigenvalue weighted by atomic mass is 10.1. The minimum atomic E-state index is 0.386. The van der Waals surface area contributed by atoms with Crippen molar-refractivity contribution in [1.82, 2.24) is 14.8 Å². The molecular weight excluding hydrogens is 354 g/mol. The third kappa shape index (κ3) is 5.01. The zero-order valence-electron chi connectivity index (χ0n) is 15.9. The molecule has 2 aromatic carbocycles. The molecule has 5 heteroatoms. The molecule has 0 N–H and O–H groups in total. The smallest absolute Gasteiger partial charge is 0.191 e. The zero-order valence-corrected chi connectivity index (χ0v) is 16.7. The largest absolute Gasteiger partial charge is 0.486 e. The summed E-state index contributed by atoms with van der Waals surface area (Å²) in [6.07, 6.45) is 2.89. The zero-order chi connectivity index (χ0) is 19.1. The summed E-state index contributed by atoms with van der Waals surface area (Å²) < 4.78 is 7.97. The van der Waals surface area contributed by atoms with Crippen LogP contribution in [0.15, 0.2) is 66.3 Å². The maximum Gasteiger partial charge on any atom is 0.191 e. The van der Waals surface area contributed by atoms with Gasteiger partial charge in [0, 0.05) is 12.3 Å². The van der Waals surface area contributed by atoms with Crippen molar-refractivity contribution in [3.63, 3.8) is 0 Å². The topological polar surface area (TPSA) is 39.9 Å². The lowest BCUT2D eigenvalue weighted by Crippen LogP contribution is -2.07. The van der Waals surface area contributed by atoms with E-state index in [2.05, 4.69) is 71.6 Å². The molecule has 0 saturated carbocycles. The molecule has 0 aliphatic heterocycles. The minimum absolute atomic E-state index is 0.386. The molecule has 0 fully saturated rings. The van der Waals surface area contributed by atoms with Crippen LogP contribution in [0.25, 0.3) is 0 Å². The fourth-order valence-corrected chi connectivity index (χ4v) is 3.77. The van der Waals surface area contributed by atoms with Gasteiger partial charge in [0.15, 0.2) is 11.0 Å². The molecule has 4 nitrogen and oxygen atoms in total. The van der Waals surface area contributed by atoms with Gasteiger partial charge < -0.3 is 4.74 Å². The van der Waals surface area contributed by atoms with Crippen LogP contribution in [-0.4, -0.2) is 14.8 Å². The number of thioether (sulfide) groups is 1.